The van der Waals surface area contributed by atoms with Gasteiger partial charge in [-0.3, -0.25) is 15.6 Å². The predicted octanol–water partition coefficient (Wildman–Crippen LogP) is 5.12. The summed E-state index contributed by atoms with van der Waals surface area (Å²) in [5.74, 6) is 0.0236. The van der Waals surface area contributed by atoms with Crippen LogP contribution < -0.4 is 10.9 Å². The van der Waals surface area contributed by atoms with E-state index in [9.17, 15) is 4.79 Å². The van der Waals surface area contributed by atoms with Gasteiger partial charge in [-0.2, -0.15) is 0 Å². The lowest BCUT2D eigenvalue weighted by molar-refractivity contribution is -0.121. The topological polar surface area (TPSA) is 41.1 Å². The maximum Gasteiger partial charge on any atom is 0.238 e. The molecule has 0 aliphatic carbocycles. The molecule has 0 unspecified atom stereocenters. The van der Waals surface area contributed by atoms with E-state index in [4.69, 9.17) is 0 Å². The zero-order valence-electron chi connectivity index (χ0n) is 12.3. The van der Waals surface area contributed by atoms with Crippen molar-refractivity contribution in [1.29, 1.82) is 0 Å². The molecule has 1 aromatic rings. The number of rotatable bonds is 9. The number of carbonyl (C=O) groups is 1. The second-order valence-electron chi connectivity index (χ2n) is 4.87. The third-order valence-electron chi connectivity index (χ3n) is 3.11. The summed E-state index contributed by atoms with van der Waals surface area (Å²) in [6.07, 6.45) is 6.31. The second-order valence-corrected chi connectivity index (χ2v) is 6.24. The van der Waals surface area contributed by atoms with Gasteiger partial charge in [0.1, 0.15) is 0 Å². The molecule has 3 nitrogen and oxygen atoms in total. The van der Waals surface area contributed by atoms with Crippen LogP contribution in [0.3, 0.4) is 0 Å². The van der Waals surface area contributed by atoms with Crippen LogP contribution in [0.1, 0.15) is 51.0 Å². The third-order valence-corrected chi connectivity index (χ3v) is 4.09. The molecule has 0 aliphatic rings. The quantitative estimate of drug-likeness (QED) is 0.432. The van der Waals surface area contributed by atoms with Crippen molar-refractivity contribution < 1.29 is 4.79 Å². The first kappa shape index (κ1) is 18.2. The Morgan fingerprint density at radius 1 is 1.10 bits per heavy atom. The number of unbranched alkanes of at least 4 members (excludes halogenated alkanes) is 4. The first-order chi connectivity index (χ1) is 10.2. The molecule has 0 bridgehead atoms. The van der Waals surface area contributed by atoms with E-state index < -0.39 is 0 Å². The van der Waals surface area contributed by atoms with Gasteiger partial charge >= 0.3 is 0 Å². The van der Waals surface area contributed by atoms with Crippen molar-refractivity contribution in [3.05, 3.63) is 39.3 Å². The Balaban J connectivity index is 2.32. The van der Waals surface area contributed by atoms with E-state index >= 15 is 0 Å². The van der Waals surface area contributed by atoms with Crippen LogP contribution in [-0.2, 0) is 4.79 Å². The van der Waals surface area contributed by atoms with Gasteiger partial charge in [-0.1, -0.05) is 76.6 Å². The Hall–Kier alpha value is -0.810. The summed E-state index contributed by atoms with van der Waals surface area (Å²) in [5.41, 5.74) is 7.51. The average molecular weight is 418 g/mol. The van der Waals surface area contributed by atoms with E-state index in [0.29, 0.717) is 6.42 Å². The monoisotopic (exact) mass is 416 g/mol. The van der Waals surface area contributed by atoms with Crippen LogP contribution in [0.4, 0.5) is 0 Å². The fourth-order valence-corrected chi connectivity index (χ4v) is 2.52. The van der Waals surface area contributed by atoms with Gasteiger partial charge in [0.15, 0.2) is 0 Å². The zero-order chi connectivity index (χ0) is 15.5. The zero-order valence-corrected chi connectivity index (χ0v) is 15.5. The van der Waals surface area contributed by atoms with E-state index in [-0.39, 0.29) is 5.91 Å². The van der Waals surface area contributed by atoms with E-state index in [1.54, 1.807) is 4.99 Å². The summed E-state index contributed by atoms with van der Waals surface area (Å²) in [7, 11) is 0. The van der Waals surface area contributed by atoms with Crippen molar-refractivity contribution in [2.24, 2.45) is 0 Å². The first-order valence-corrected chi connectivity index (χ1v) is 8.99. The summed E-state index contributed by atoms with van der Waals surface area (Å²) in [6.45, 7) is 2.19. The Morgan fingerprint density at radius 3 is 2.38 bits per heavy atom. The SMILES string of the molecule is CCCCCCCC(=O)NNC(=CBr)c1ccc(Br)cc1. The van der Waals surface area contributed by atoms with Gasteiger partial charge in [-0.15, -0.1) is 0 Å². The van der Waals surface area contributed by atoms with E-state index in [1.807, 2.05) is 24.3 Å². The number of carbonyl (C=O) groups excluding carboxylic acids is 1. The van der Waals surface area contributed by atoms with Crippen molar-refractivity contribution in [3.8, 4) is 0 Å². The number of hydrazine groups is 1. The molecule has 2 N–H and O–H groups in total. The molecule has 0 spiro atoms. The highest BCUT2D eigenvalue weighted by Gasteiger charge is 2.04. The van der Waals surface area contributed by atoms with E-state index in [2.05, 4.69) is 49.6 Å². The molecule has 0 radical (unpaired) electrons. The van der Waals surface area contributed by atoms with Crippen LogP contribution in [0.2, 0.25) is 0 Å². The maximum atomic E-state index is 11.8. The van der Waals surface area contributed by atoms with E-state index in [0.717, 1.165) is 28.6 Å². The molecule has 5 heteroatoms. The Labute approximate surface area is 143 Å². The summed E-state index contributed by atoms with van der Waals surface area (Å²) >= 11 is 6.72. The van der Waals surface area contributed by atoms with Crippen LogP contribution in [0.5, 0.6) is 0 Å². The lowest BCUT2D eigenvalue weighted by atomic mass is 10.1. The highest BCUT2D eigenvalue weighted by Crippen LogP contribution is 2.16. The van der Waals surface area contributed by atoms with Crippen LogP contribution in [0.25, 0.3) is 5.70 Å². The summed E-state index contributed by atoms with van der Waals surface area (Å²) in [4.78, 5) is 13.5. The lowest BCUT2D eigenvalue weighted by Crippen LogP contribution is -2.35. The van der Waals surface area contributed by atoms with Gasteiger partial charge in [0.05, 0.1) is 5.70 Å². The lowest BCUT2D eigenvalue weighted by Gasteiger charge is -2.12. The molecule has 0 fully saturated rings. The average Bonchev–Trinajstić information content (AvgIpc) is 2.49. The largest absolute Gasteiger partial charge is 0.297 e. The minimum absolute atomic E-state index is 0.0236. The molecule has 0 heterocycles. The van der Waals surface area contributed by atoms with Crippen LogP contribution in [-0.4, -0.2) is 5.91 Å². The van der Waals surface area contributed by atoms with Crippen LogP contribution >= 0.6 is 31.9 Å². The number of amides is 1. The Kier molecular flexibility index (Phi) is 9.42. The molecular weight excluding hydrogens is 396 g/mol. The number of hydrogen-bond acceptors (Lipinski definition) is 2. The fourth-order valence-electron chi connectivity index (χ4n) is 1.88. The van der Waals surface area contributed by atoms with Gasteiger partial charge in [-0.05, 0) is 24.1 Å². The molecule has 1 rings (SSSR count). The molecule has 0 aromatic heterocycles. The molecule has 116 valence electrons. The normalized spacial score (nSPS) is 11.3. The molecule has 21 heavy (non-hydrogen) atoms. The summed E-state index contributed by atoms with van der Waals surface area (Å²) < 4.78 is 1.02. The van der Waals surface area contributed by atoms with E-state index in [1.165, 1.54) is 19.3 Å². The van der Waals surface area contributed by atoms with Crippen molar-refractivity contribution >= 4 is 43.5 Å². The van der Waals surface area contributed by atoms with Crippen molar-refractivity contribution in [2.75, 3.05) is 0 Å². The number of nitrogens with one attached hydrogen (secondary N) is 2. The van der Waals surface area contributed by atoms with Crippen LogP contribution in [0.15, 0.2) is 33.7 Å². The highest BCUT2D eigenvalue weighted by molar-refractivity contribution is 9.11. The van der Waals surface area contributed by atoms with Gasteiger partial charge < -0.3 is 0 Å². The van der Waals surface area contributed by atoms with Gasteiger partial charge in [0.25, 0.3) is 0 Å². The standard InChI is InChI=1S/C16H22Br2N2O/c1-2-3-4-5-6-7-16(21)20-19-15(12-17)13-8-10-14(18)11-9-13/h8-12,19H,2-7H2,1H3,(H,20,21). The fraction of sp³-hybridized carbons (Fsp3) is 0.438. The Bertz CT molecular complexity index is 458. The third kappa shape index (κ3) is 7.67. The molecular formula is C16H22Br2N2O. The van der Waals surface area contributed by atoms with Crippen molar-refractivity contribution in [3.63, 3.8) is 0 Å². The molecule has 1 aromatic carbocycles. The van der Waals surface area contributed by atoms with Crippen molar-refractivity contribution in [1.82, 2.24) is 10.9 Å². The second kappa shape index (κ2) is 10.9. The number of halogens is 2. The maximum absolute atomic E-state index is 11.8. The van der Waals surface area contributed by atoms with Crippen LogP contribution in [0, 0.1) is 0 Å². The predicted molar refractivity (Wildman–Crippen MR) is 95.7 cm³/mol. The van der Waals surface area contributed by atoms with Crippen molar-refractivity contribution in [2.45, 2.75) is 45.4 Å². The minimum Gasteiger partial charge on any atom is -0.297 e. The minimum atomic E-state index is 0.0236. The smallest absolute Gasteiger partial charge is 0.238 e. The molecule has 0 saturated carbocycles. The molecule has 0 aliphatic heterocycles. The first-order valence-electron chi connectivity index (χ1n) is 7.28. The number of benzene rings is 1. The Morgan fingerprint density at radius 2 is 1.76 bits per heavy atom. The number of hydrogen-bond donors (Lipinski definition) is 2. The van der Waals surface area contributed by atoms with Gasteiger partial charge in [0.2, 0.25) is 5.91 Å². The van der Waals surface area contributed by atoms with Gasteiger partial charge in [0, 0.05) is 15.9 Å². The molecule has 0 saturated heterocycles. The summed E-state index contributed by atoms with van der Waals surface area (Å²) in [6, 6.07) is 7.87. The summed E-state index contributed by atoms with van der Waals surface area (Å²) in [5, 5.41) is 0. The van der Waals surface area contributed by atoms with Gasteiger partial charge in [-0.25, -0.2) is 0 Å². The molecule has 1 amide bonds. The molecule has 0 atom stereocenters. The highest BCUT2D eigenvalue weighted by atomic mass is 79.9.